The molecular weight excluding hydrogens is 370 g/mol. The normalized spacial score (nSPS) is 10.7. The van der Waals surface area contributed by atoms with Gasteiger partial charge in [0.1, 0.15) is 5.69 Å². The number of nitrogens with one attached hydrogen (secondary N) is 2. The summed E-state index contributed by atoms with van der Waals surface area (Å²) in [6.45, 7) is 3.55. The van der Waals surface area contributed by atoms with Crippen molar-refractivity contribution in [2.45, 2.75) is 13.3 Å². The SMILES string of the molecule is Cc1cc(Br)ccc1Nc1nccc(C(=O)NCCCN(C)C)n1. The molecule has 0 unspecified atom stereocenters. The Morgan fingerprint density at radius 1 is 1.29 bits per heavy atom. The summed E-state index contributed by atoms with van der Waals surface area (Å²) in [5.41, 5.74) is 2.32. The lowest BCUT2D eigenvalue weighted by molar-refractivity contribution is 0.0947. The van der Waals surface area contributed by atoms with Crippen molar-refractivity contribution in [1.29, 1.82) is 0 Å². The summed E-state index contributed by atoms with van der Waals surface area (Å²) in [5, 5.41) is 6.02. The van der Waals surface area contributed by atoms with Gasteiger partial charge in [0, 0.05) is 22.9 Å². The Morgan fingerprint density at radius 2 is 2.08 bits per heavy atom. The molecule has 6 nitrogen and oxygen atoms in total. The van der Waals surface area contributed by atoms with Crippen LogP contribution in [0.4, 0.5) is 11.6 Å². The van der Waals surface area contributed by atoms with E-state index in [4.69, 9.17) is 0 Å². The van der Waals surface area contributed by atoms with Gasteiger partial charge in [-0.1, -0.05) is 15.9 Å². The van der Waals surface area contributed by atoms with Crippen molar-refractivity contribution in [3.63, 3.8) is 0 Å². The molecule has 1 aromatic carbocycles. The summed E-state index contributed by atoms with van der Waals surface area (Å²) in [4.78, 5) is 22.7. The van der Waals surface area contributed by atoms with Crippen molar-refractivity contribution in [3.8, 4) is 0 Å². The number of anilines is 2. The monoisotopic (exact) mass is 391 g/mol. The average molecular weight is 392 g/mol. The predicted molar refractivity (Wildman–Crippen MR) is 99.7 cm³/mol. The van der Waals surface area contributed by atoms with Crippen molar-refractivity contribution in [2.24, 2.45) is 0 Å². The van der Waals surface area contributed by atoms with E-state index >= 15 is 0 Å². The number of carbonyl (C=O) groups is 1. The second-order valence-electron chi connectivity index (χ2n) is 5.76. The number of carbonyl (C=O) groups excluding carboxylic acids is 1. The highest BCUT2D eigenvalue weighted by Crippen LogP contribution is 2.22. The van der Waals surface area contributed by atoms with Gasteiger partial charge >= 0.3 is 0 Å². The fourth-order valence-corrected chi connectivity index (χ4v) is 2.60. The third kappa shape index (κ3) is 5.58. The fourth-order valence-electron chi connectivity index (χ4n) is 2.12. The molecule has 1 heterocycles. The predicted octanol–water partition coefficient (Wildman–Crippen LogP) is 2.97. The average Bonchev–Trinajstić information content (AvgIpc) is 2.54. The van der Waals surface area contributed by atoms with E-state index in [1.54, 1.807) is 12.3 Å². The van der Waals surface area contributed by atoms with Gasteiger partial charge in [-0.25, -0.2) is 9.97 Å². The Balaban J connectivity index is 1.99. The van der Waals surface area contributed by atoms with Gasteiger partial charge < -0.3 is 15.5 Å². The number of amides is 1. The second kappa shape index (κ2) is 8.75. The lowest BCUT2D eigenvalue weighted by Gasteiger charge is -2.11. The van der Waals surface area contributed by atoms with E-state index < -0.39 is 0 Å². The van der Waals surface area contributed by atoms with Gasteiger partial charge in [-0.2, -0.15) is 0 Å². The highest BCUT2D eigenvalue weighted by Gasteiger charge is 2.09. The summed E-state index contributed by atoms with van der Waals surface area (Å²) < 4.78 is 1.01. The van der Waals surface area contributed by atoms with Gasteiger partial charge in [0.25, 0.3) is 5.91 Å². The summed E-state index contributed by atoms with van der Waals surface area (Å²) in [6.07, 6.45) is 2.48. The molecule has 0 saturated carbocycles. The minimum Gasteiger partial charge on any atom is -0.351 e. The number of aryl methyl sites for hydroxylation is 1. The number of rotatable bonds is 7. The van der Waals surface area contributed by atoms with Crippen LogP contribution in [0.3, 0.4) is 0 Å². The molecule has 1 aromatic heterocycles. The minimum atomic E-state index is -0.188. The van der Waals surface area contributed by atoms with Crippen molar-refractivity contribution >= 4 is 33.5 Å². The second-order valence-corrected chi connectivity index (χ2v) is 6.68. The van der Waals surface area contributed by atoms with E-state index in [2.05, 4.69) is 41.4 Å². The van der Waals surface area contributed by atoms with Crippen molar-refractivity contribution in [1.82, 2.24) is 20.2 Å². The zero-order valence-electron chi connectivity index (χ0n) is 14.1. The van der Waals surface area contributed by atoms with E-state index in [-0.39, 0.29) is 5.91 Å². The number of halogens is 1. The van der Waals surface area contributed by atoms with E-state index in [9.17, 15) is 4.79 Å². The van der Waals surface area contributed by atoms with Gasteiger partial charge in [-0.15, -0.1) is 0 Å². The molecule has 0 aliphatic carbocycles. The van der Waals surface area contributed by atoms with Crippen molar-refractivity contribution in [3.05, 3.63) is 46.2 Å². The molecule has 0 atom stereocenters. The summed E-state index contributed by atoms with van der Waals surface area (Å²) in [7, 11) is 4.02. The van der Waals surface area contributed by atoms with Gasteiger partial charge in [0.15, 0.2) is 0 Å². The zero-order chi connectivity index (χ0) is 17.5. The highest BCUT2D eigenvalue weighted by atomic mass is 79.9. The van der Waals surface area contributed by atoms with Crippen LogP contribution in [-0.4, -0.2) is 48.0 Å². The number of hydrogen-bond donors (Lipinski definition) is 2. The van der Waals surface area contributed by atoms with Gasteiger partial charge in [-0.3, -0.25) is 4.79 Å². The molecule has 0 bridgehead atoms. The molecule has 1 amide bonds. The van der Waals surface area contributed by atoms with Crippen LogP contribution in [-0.2, 0) is 0 Å². The Bertz CT molecular complexity index is 705. The lowest BCUT2D eigenvalue weighted by atomic mass is 10.2. The lowest BCUT2D eigenvalue weighted by Crippen LogP contribution is -2.28. The molecule has 0 fully saturated rings. The van der Waals surface area contributed by atoms with Crippen LogP contribution in [0.15, 0.2) is 34.9 Å². The molecule has 0 spiro atoms. The molecule has 2 rings (SSSR count). The Kier molecular flexibility index (Phi) is 6.69. The number of benzene rings is 1. The number of nitrogens with zero attached hydrogens (tertiary/aromatic N) is 3. The Hall–Kier alpha value is -1.99. The fraction of sp³-hybridized carbons (Fsp3) is 0.353. The molecule has 128 valence electrons. The van der Waals surface area contributed by atoms with Crippen LogP contribution in [0.25, 0.3) is 0 Å². The molecular formula is C17H22BrN5O. The maximum Gasteiger partial charge on any atom is 0.270 e. The van der Waals surface area contributed by atoms with Gasteiger partial charge in [-0.05, 0) is 63.8 Å². The van der Waals surface area contributed by atoms with Crippen molar-refractivity contribution < 1.29 is 4.79 Å². The van der Waals surface area contributed by atoms with Crippen molar-refractivity contribution in [2.75, 3.05) is 32.5 Å². The smallest absolute Gasteiger partial charge is 0.270 e. The maximum atomic E-state index is 12.2. The first-order valence-electron chi connectivity index (χ1n) is 7.75. The summed E-state index contributed by atoms with van der Waals surface area (Å²) in [5.74, 6) is 0.216. The third-order valence-electron chi connectivity index (χ3n) is 3.39. The van der Waals surface area contributed by atoms with E-state index in [1.807, 2.05) is 39.2 Å². The first kappa shape index (κ1) is 18.4. The van der Waals surface area contributed by atoms with Crippen LogP contribution >= 0.6 is 15.9 Å². The zero-order valence-corrected chi connectivity index (χ0v) is 15.7. The first-order chi connectivity index (χ1) is 11.5. The Labute approximate surface area is 150 Å². The highest BCUT2D eigenvalue weighted by molar-refractivity contribution is 9.10. The van der Waals surface area contributed by atoms with E-state index in [0.29, 0.717) is 18.2 Å². The molecule has 0 aliphatic rings. The molecule has 7 heteroatoms. The molecule has 2 N–H and O–H groups in total. The van der Waals surface area contributed by atoms with Crippen LogP contribution in [0.5, 0.6) is 0 Å². The number of hydrogen-bond acceptors (Lipinski definition) is 5. The minimum absolute atomic E-state index is 0.188. The summed E-state index contributed by atoms with van der Waals surface area (Å²) in [6, 6.07) is 7.50. The van der Waals surface area contributed by atoms with Gasteiger partial charge in [0.2, 0.25) is 5.95 Å². The first-order valence-corrected chi connectivity index (χ1v) is 8.54. The quantitative estimate of drug-likeness (QED) is 0.709. The third-order valence-corrected chi connectivity index (χ3v) is 3.88. The van der Waals surface area contributed by atoms with Crippen LogP contribution < -0.4 is 10.6 Å². The number of aromatic nitrogens is 2. The van der Waals surface area contributed by atoms with Crippen LogP contribution in [0, 0.1) is 6.92 Å². The molecule has 2 aromatic rings. The molecule has 24 heavy (non-hydrogen) atoms. The maximum absolute atomic E-state index is 12.2. The topological polar surface area (TPSA) is 70.2 Å². The molecule has 0 radical (unpaired) electrons. The molecule has 0 aliphatic heterocycles. The van der Waals surface area contributed by atoms with E-state index in [1.165, 1.54) is 0 Å². The van der Waals surface area contributed by atoms with E-state index in [0.717, 1.165) is 28.7 Å². The molecule has 0 saturated heterocycles. The van der Waals surface area contributed by atoms with Gasteiger partial charge in [0.05, 0.1) is 0 Å². The largest absolute Gasteiger partial charge is 0.351 e. The van der Waals surface area contributed by atoms with Crippen LogP contribution in [0.2, 0.25) is 0 Å². The standard InChI is InChI=1S/C17H22BrN5O/c1-12-11-13(18)5-6-14(12)21-17-20-9-7-15(22-17)16(24)19-8-4-10-23(2)3/h5-7,9,11H,4,8,10H2,1-3H3,(H,19,24)(H,20,21,22). The van der Waals surface area contributed by atoms with Crippen LogP contribution in [0.1, 0.15) is 22.5 Å². The Morgan fingerprint density at radius 3 is 2.79 bits per heavy atom. The summed E-state index contributed by atoms with van der Waals surface area (Å²) >= 11 is 3.44.